The van der Waals surface area contributed by atoms with Crippen molar-refractivity contribution in [3.05, 3.63) is 40.1 Å². The highest BCUT2D eigenvalue weighted by atomic mass is 32.1. The zero-order valence-corrected chi connectivity index (χ0v) is 9.79. The van der Waals surface area contributed by atoms with E-state index in [0.717, 1.165) is 5.82 Å². The lowest BCUT2D eigenvalue weighted by atomic mass is 10.1. The van der Waals surface area contributed by atoms with Gasteiger partial charge < -0.3 is 10.3 Å². The molecule has 2 N–H and O–H groups in total. The van der Waals surface area contributed by atoms with Gasteiger partial charge in [0.05, 0.1) is 6.04 Å². The minimum absolute atomic E-state index is 0.229. The molecule has 0 spiro atoms. The van der Waals surface area contributed by atoms with Gasteiger partial charge >= 0.3 is 0 Å². The highest BCUT2D eigenvalue weighted by Gasteiger charge is 2.16. The first-order chi connectivity index (χ1) is 7.24. The van der Waals surface area contributed by atoms with Crippen LogP contribution in [0.2, 0.25) is 0 Å². The molecule has 2 aromatic rings. The first kappa shape index (κ1) is 10.4. The zero-order valence-electron chi connectivity index (χ0n) is 8.97. The van der Waals surface area contributed by atoms with Crippen molar-refractivity contribution in [2.24, 2.45) is 5.73 Å². The lowest BCUT2D eigenvalue weighted by Gasteiger charge is -2.17. The van der Waals surface area contributed by atoms with E-state index in [0.29, 0.717) is 6.54 Å². The lowest BCUT2D eigenvalue weighted by Crippen LogP contribution is -2.20. The second kappa shape index (κ2) is 4.16. The first-order valence-corrected chi connectivity index (χ1v) is 5.85. The van der Waals surface area contributed by atoms with Gasteiger partial charge in [0.25, 0.3) is 0 Å². The molecule has 0 aromatic carbocycles. The first-order valence-electron chi connectivity index (χ1n) is 4.97. The van der Waals surface area contributed by atoms with Crippen LogP contribution in [0.4, 0.5) is 0 Å². The molecule has 80 valence electrons. The molecule has 0 amide bonds. The van der Waals surface area contributed by atoms with Gasteiger partial charge in [-0.15, -0.1) is 11.3 Å². The topological polar surface area (TPSA) is 43.8 Å². The number of nitrogens with two attached hydrogens (primary N) is 1. The number of nitrogens with zero attached hydrogens (tertiary/aromatic N) is 2. The molecule has 2 rings (SSSR count). The van der Waals surface area contributed by atoms with Gasteiger partial charge in [-0.3, -0.25) is 0 Å². The minimum atomic E-state index is 0.229. The molecule has 0 bridgehead atoms. The van der Waals surface area contributed by atoms with Gasteiger partial charge in [0.15, 0.2) is 0 Å². The minimum Gasteiger partial charge on any atom is -0.328 e. The summed E-state index contributed by atoms with van der Waals surface area (Å²) in [5.74, 6) is 1.01. The predicted molar refractivity (Wildman–Crippen MR) is 63.2 cm³/mol. The molecule has 3 nitrogen and oxygen atoms in total. The van der Waals surface area contributed by atoms with E-state index in [1.54, 1.807) is 11.3 Å². The number of thiophene rings is 1. The van der Waals surface area contributed by atoms with Gasteiger partial charge in [0, 0.05) is 23.8 Å². The third-order valence-corrected chi connectivity index (χ3v) is 3.75. The van der Waals surface area contributed by atoms with Gasteiger partial charge in [0.2, 0.25) is 0 Å². The summed E-state index contributed by atoms with van der Waals surface area (Å²) in [7, 11) is 0. The number of hydrogen-bond acceptors (Lipinski definition) is 3. The number of aromatic nitrogens is 2. The summed E-state index contributed by atoms with van der Waals surface area (Å²) in [6.45, 7) is 4.74. The fourth-order valence-electron chi connectivity index (χ4n) is 1.79. The standard InChI is InChI=1S/C11H15N3S/c1-8-3-6-15-11(8)10(7-12)14-5-4-13-9(14)2/h3-6,10H,7,12H2,1-2H3. The molecular weight excluding hydrogens is 206 g/mol. The molecule has 2 heterocycles. The number of rotatable bonds is 3. The van der Waals surface area contributed by atoms with E-state index in [2.05, 4.69) is 27.9 Å². The molecule has 0 fully saturated rings. The molecule has 1 atom stereocenters. The van der Waals surface area contributed by atoms with Gasteiger partial charge in [-0.2, -0.15) is 0 Å². The molecule has 2 aromatic heterocycles. The van der Waals surface area contributed by atoms with E-state index in [9.17, 15) is 0 Å². The van der Waals surface area contributed by atoms with Crippen molar-refractivity contribution in [3.63, 3.8) is 0 Å². The summed E-state index contributed by atoms with van der Waals surface area (Å²) < 4.78 is 2.14. The maximum absolute atomic E-state index is 5.85. The van der Waals surface area contributed by atoms with Crippen LogP contribution in [-0.2, 0) is 0 Å². The summed E-state index contributed by atoms with van der Waals surface area (Å²) in [5, 5.41) is 2.11. The molecule has 0 aliphatic heterocycles. The molecule has 1 unspecified atom stereocenters. The fourth-order valence-corrected chi connectivity index (χ4v) is 2.83. The van der Waals surface area contributed by atoms with Crippen molar-refractivity contribution in [1.29, 1.82) is 0 Å². The molecule has 4 heteroatoms. The van der Waals surface area contributed by atoms with Crippen LogP contribution >= 0.6 is 11.3 Å². The van der Waals surface area contributed by atoms with Crippen molar-refractivity contribution in [3.8, 4) is 0 Å². The van der Waals surface area contributed by atoms with Crippen LogP contribution in [0.3, 0.4) is 0 Å². The van der Waals surface area contributed by atoms with Crippen LogP contribution in [0, 0.1) is 13.8 Å². The smallest absolute Gasteiger partial charge is 0.106 e. The van der Waals surface area contributed by atoms with Crippen LogP contribution in [0.15, 0.2) is 23.8 Å². The number of imidazole rings is 1. The normalized spacial score (nSPS) is 13.0. The molecule has 0 aliphatic carbocycles. The SMILES string of the molecule is Cc1ccsc1C(CN)n1ccnc1C. The Kier molecular flexibility index (Phi) is 2.88. The molecule has 0 saturated heterocycles. The average Bonchev–Trinajstić information content (AvgIpc) is 2.80. The Balaban J connectivity index is 2.41. The van der Waals surface area contributed by atoms with Gasteiger partial charge in [0.1, 0.15) is 5.82 Å². The molecule has 0 radical (unpaired) electrons. The van der Waals surface area contributed by atoms with Gasteiger partial charge in [-0.05, 0) is 30.9 Å². The summed E-state index contributed by atoms with van der Waals surface area (Å²) in [6, 6.07) is 2.36. The molecule has 0 aliphatic rings. The lowest BCUT2D eigenvalue weighted by molar-refractivity contribution is 0.585. The van der Waals surface area contributed by atoms with Crippen LogP contribution in [0.1, 0.15) is 22.3 Å². The summed E-state index contributed by atoms with van der Waals surface area (Å²) in [4.78, 5) is 5.57. The van der Waals surface area contributed by atoms with Crippen LogP contribution < -0.4 is 5.73 Å². The van der Waals surface area contributed by atoms with Crippen LogP contribution in [0.25, 0.3) is 0 Å². The highest BCUT2D eigenvalue weighted by Crippen LogP contribution is 2.27. The fraction of sp³-hybridized carbons (Fsp3) is 0.364. The predicted octanol–water partition coefficient (Wildman–Crippen LogP) is 2.11. The average molecular weight is 221 g/mol. The van der Waals surface area contributed by atoms with E-state index in [-0.39, 0.29) is 6.04 Å². The van der Waals surface area contributed by atoms with Crippen molar-refractivity contribution in [1.82, 2.24) is 9.55 Å². The third-order valence-electron chi connectivity index (χ3n) is 2.63. The summed E-state index contributed by atoms with van der Waals surface area (Å²) >= 11 is 1.76. The van der Waals surface area contributed by atoms with E-state index < -0.39 is 0 Å². The van der Waals surface area contributed by atoms with Gasteiger partial charge in [-0.1, -0.05) is 0 Å². The second-order valence-electron chi connectivity index (χ2n) is 3.60. The molecule has 15 heavy (non-hydrogen) atoms. The monoisotopic (exact) mass is 221 g/mol. The van der Waals surface area contributed by atoms with Crippen molar-refractivity contribution in [2.45, 2.75) is 19.9 Å². The van der Waals surface area contributed by atoms with E-state index in [4.69, 9.17) is 5.73 Å². The van der Waals surface area contributed by atoms with E-state index in [1.807, 2.05) is 19.3 Å². The highest BCUT2D eigenvalue weighted by molar-refractivity contribution is 7.10. The van der Waals surface area contributed by atoms with Gasteiger partial charge in [-0.25, -0.2) is 4.98 Å². The van der Waals surface area contributed by atoms with Crippen molar-refractivity contribution >= 4 is 11.3 Å². The maximum atomic E-state index is 5.85. The van der Waals surface area contributed by atoms with Crippen molar-refractivity contribution < 1.29 is 0 Å². The Labute approximate surface area is 93.6 Å². The number of hydrogen-bond donors (Lipinski definition) is 1. The summed E-state index contributed by atoms with van der Waals surface area (Å²) in [5.41, 5.74) is 7.16. The Morgan fingerprint density at radius 3 is 2.80 bits per heavy atom. The largest absolute Gasteiger partial charge is 0.328 e. The second-order valence-corrected chi connectivity index (χ2v) is 4.55. The quantitative estimate of drug-likeness (QED) is 0.862. The Bertz CT molecular complexity index is 404. The Hall–Kier alpha value is -1.13. The zero-order chi connectivity index (χ0) is 10.8. The molecular formula is C11H15N3S. The van der Waals surface area contributed by atoms with Crippen LogP contribution in [0.5, 0.6) is 0 Å². The Morgan fingerprint density at radius 1 is 1.53 bits per heavy atom. The van der Waals surface area contributed by atoms with Crippen molar-refractivity contribution in [2.75, 3.05) is 6.54 Å². The molecule has 0 saturated carbocycles. The Morgan fingerprint density at radius 2 is 2.33 bits per heavy atom. The maximum Gasteiger partial charge on any atom is 0.106 e. The number of aryl methyl sites for hydroxylation is 2. The van der Waals surface area contributed by atoms with Crippen LogP contribution in [-0.4, -0.2) is 16.1 Å². The third kappa shape index (κ3) is 1.82. The van der Waals surface area contributed by atoms with E-state index >= 15 is 0 Å². The van der Waals surface area contributed by atoms with E-state index in [1.165, 1.54) is 10.4 Å². The summed E-state index contributed by atoms with van der Waals surface area (Å²) in [6.07, 6.45) is 3.81.